The number of aromatic nitrogens is 4. The van der Waals surface area contributed by atoms with E-state index in [2.05, 4.69) is 38.1 Å². The van der Waals surface area contributed by atoms with E-state index in [0.717, 1.165) is 4.57 Å². The number of para-hydroxylation sites is 1. The van der Waals surface area contributed by atoms with Gasteiger partial charge >= 0.3 is 5.69 Å². The monoisotopic (exact) mass is 501 g/mol. The van der Waals surface area contributed by atoms with Crippen LogP contribution in [0.5, 0.6) is 5.75 Å². The first-order chi connectivity index (χ1) is 15.3. The van der Waals surface area contributed by atoms with Gasteiger partial charge in [-0.2, -0.15) is 0 Å². The van der Waals surface area contributed by atoms with Gasteiger partial charge in [0.1, 0.15) is 5.75 Å². The fourth-order valence-corrected chi connectivity index (χ4v) is 3.52. The van der Waals surface area contributed by atoms with Crippen LogP contribution < -0.4 is 21.3 Å². The first kappa shape index (κ1) is 23.0. The van der Waals surface area contributed by atoms with Crippen molar-refractivity contribution < 1.29 is 14.3 Å². The van der Waals surface area contributed by atoms with Crippen LogP contribution in [0.15, 0.2) is 38.6 Å². The number of aryl methyl sites for hydroxylation is 1. The highest BCUT2D eigenvalue weighted by molar-refractivity contribution is 9.10. The number of Topliss-reactive ketones (excluding diaryl/α,β-unsaturated/α-hetero) is 1. The van der Waals surface area contributed by atoms with E-state index in [1.807, 2.05) is 0 Å². The van der Waals surface area contributed by atoms with Crippen molar-refractivity contribution in [2.24, 2.45) is 7.05 Å². The zero-order valence-electron chi connectivity index (χ0n) is 17.6. The molecule has 0 bridgehead atoms. The van der Waals surface area contributed by atoms with Crippen molar-refractivity contribution in [1.82, 2.24) is 24.0 Å². The van der Waals surface area contributed by atoms with Crippen molar-refractivity contribution in [2.45, 2.75) is 20.0 Å². The topological polar surface area (TPSA) is 117 Å². The normalized spacial score (nSPS) is 10.5. The van der Waals surface area contributed by atoms with E-state index >= 15 is 0 Å². The molecule has 1 N–H and O–H groups in total. The molecule has 0 aliphatic carbocycles. The molecule has 3 rings (SSSR count). The fraction of sp³-hybridized carbons (Fsp3) is 0.286. The highest BCUT2D eigenvalue weighted by Crippen LogP contribution is 2.19. The molecule has 2 heterocycles. The molecule has 32 heavy (non-hydrogen) atoms. The molecule has 0 spiro atoms. The van der Waals surface area contributed by atoms with Gasteiger partial charge in [-0.25, -0.2) is 9.78 Å². The van der Waals surface area contributed by atoms with Gasteiger partial charge < -0.3 is 14.6 Å². The predicted molar refractivity (Wildman–Crippen MR) is 121 cm³/mol. The molecule has 2 aromatic heterocycles. The van der Waals surface area contributed by atoms with E-state index in [0.29, 0.717) is 4.73 Å². The Bertz CT molecular complexity index is 1390. The Morgan fingerprint density at radius 2 is 1.94 bits per heavy atom. The molecular weight excluding hydrogens is 482 g/mol. The molecule has 0 saturated heterocycles. The predicted octanol–water partition coefficient (Wildman–Crippen LogP) is 0.690. The number of carbonyl (C=O) groups is 2. The van der Waals surface area contributed by atoms with Crippen LogP contribution in [0.25, 0.3) is 11.2 Å². The number of likely N-dealkylation sites (N-methyl/N-ethyl adjacent to an activating group) is 1. The number of nitrogens with zero attached hydrogens (tertiary/aromatic N) is 4. The van der Waals surface area contributed by atoms with Gasteiger partial charge in [0.05, 0.1) is 18.7 Å². The number of imidazole rings is 1. The van der Waals surface area contributed by atoms with Crippen LogP contribution in [0.4, 0.5) is 0 Å². The van der Waals surface area contributed by atoms with Crippen LogP contribution in [0.3, 0.4) is 0 Å². The van der Waals surface area contributed by atoms with Crippen LogP contribution in [0.1, 0.15) is 17.3 Å². The smallest absolute Gasteiger partial charge is 0.332 e. The molecule has 0 aliphatic heterocycles. The number of hydrogen-bond donors (Lipinski definition) is 1. The second-order valence-electron chi connectivity index (χ2n) is 6.68. The summed E-state index contributed by atoms with van der Waals surface area (Å²) in [7, 11) is 2.94. The maximum absolute atomic E-state index is 13.2. The molecule has 166 valence electrons. The average Bonchev–Trinajstić information content (AvgIpc) is 3.13. The second-order valence-corrected chi connectivity index (χ2v) is 7.39. The molecule has 1 aromatic carbocycles. The van der Waals surface area contributed by atoms with E-state index in [-0.39, 0.29) is 41.5 Å². The Morgan fingerprint density at radius 1 is 1.22 bits per heavy atom. The summed E-state index contributed by atoms with van der Waals surface area (Å²) < 4.78 is 9.37. The van der Waals surface area contributed by atoms with E-state index in [4.69, 9.17) is 4.74 Å². The summed E-state index contributed by atoms with van der Waals surface area (Å²) in [5.41, 5.74) is -0.854. The molecule has 3 aromatic rings. The minimum absolute atomic E-state index is 0.150. The molecule has 0 radical (unpaired) electrons. The summed E-state index contributed by atoms with van der Waals surface area (Å²) in [5, 5.41) is 2.42. The highest BCUT2D eigenvalue weighted by Gasteiger charge is 2.22. The van der Waals surface area contributed by atoms with Gasteiger partial charge in [0.15, 0.2) is 28.3 Å². The summed E-state index contributed by atoms with van der Waals surface area (Å²) in [6, 6.07) is 6.32. The Kier molecular flexibility index (Phi) is 6.95. The Balaban J connectivity index is 2.06. The Labute approximate surface area is 190 Å². The lowest BCUT2D eigenvalue weighted by Crippen LogP contribution is -2.41. The summed E-state index contributed by atoms with van der Waals surface area (Å²) in [6.45, 7) is 1.07. The standard InChI is InChI=1S/C21H20BrN5O5/c1-4-5-10-26-17-18(24-20(26)22)25(3)21(31)27(19(17)30)11-14(28)13-8-6-7-9-15(13)32-12-16(29)23-2/h6-9H,10-12H2,1-3H3,(H,23,29). The van der Waals surface area contributed by atoms with Crippen molar-refractivity contribution in [3.05, 3.63) is 55.4 Å². The quantitative estimate of drug-likeness (QED) is 0.289. The van der Waals surface area contributed by atoms with Crippen LogP contribution in [-0.2, 0) is 24.9 Å². The molecule has 0 aliphatic rings. The maximum atomic E-state index is 13.2. The van der Waals surface area contributed by atoms with Crippen LogP contribution in [0.2, 0.25) is 0 Å². The lowest BCUT2D eigenvalue weighted by atomic mass is 10.1. The highest BCUT2D eigenvalue weighted by atomic mass is 79.9. The van der Waals surface area contributed by atoms with Crippen molar-refractivity contribution in [3.8, 4) is 17.6 Å². The van der Waals surface area contributed by atoms with Crippen LogP contribution >= 0.6 is 15.9 Å². The first-order valence-electron chi connectivity index (χ1n) is 9.50. The SMILES string of the molecule is CC#CCn1c(Br)nc2c1c(=O)n(CC(=O)c1ccccc1OCC(=O)NC)c(=O)n2C. The molecule has 10 nitrogen and oxygen atoms in total. The Morgan fingerprint density at radius 3 is 2.62 bits per heavy atom. The zero-order chi connectivity index (χ0) is 23.4. The third kappa shape index (κ3) is 4.36. The number of carbonyl (C=O) groups excluding carboxylic acids is 2. The van der Waals surface area contributed by atoms with E-state index in [9.17, 15) is 19.2 Å². The molecule has 0 atom stereocenters. The van der Waals surface area contributed by atoms with Gasteiger partial charge in [-0.3, -0.25) is 23.5 Å². The molecule has 0 fully saturated rings. The van der Waals surface area contributed by atoms with Gasteiger partial charge in [-0.15, -0.1) is 5.92 Å². The Hall–Kier alpha value is -3.65. The number of benzene rings is 1. The maximum Gasteiger partial charge on any atom is 0.332 e. The molecule has 0 unspecified atom stereocenters. The third-order valence-corrected chi connectivity index (χ3v) is 5.33. The number of halogens is 1. The number of ketones is 1. The zero-order valence-corrected chi connectivity index (χ0v) is 19.2. The molecule has 1 amide bonds. The van der Waals surface area contributed by atoms with Crippen LogP contribution in [-0.4, -0.2) is 44.0 Å². The third-order valence-electron chi connectivity index (χ3n) is 4.73. The van der Waals surface area contributed by atoms with Gasteiger partial charge in [0, 0.05) is 14.1 Å². The lowest BCUT2D eigenvalue weighted by molar-refractivity contribution is -0.122. The van der Waals surface area contributed by atoms with E-state index in [1.54, 1.807) is 19.1 Å². The minimum Gasteiger partial charge on any atom is -0.483 e. The van der Waals surface area contributed by atoms with Crippen molar-refractivity contribution in [3.63, 3.8) is 0 Å². The van der Waals surface area contributed by atoms with Crippen molar-refractivity contribution >= 4 is 38.8 Å². The molecular formula is C21H20BrN5O5. The van der Waals surface area contributed by atoms with Gasteiger partial charge in [-0.1, -0.05) is 18.1 Å². The van der Waals surface area contributed by atoms with Gasteiger partial charge in [0.2, 0.25) is 0 Å². The second kappa shape index (κ2) is 9.65. The van der Waals surface area contributed by atoms with Crippen molar-refractivity contribution in [2.75, 3.05) is 13.7 Å². The van der Waals surface area contributed by atoms with Crippen molar-refractivity contribution in [1.29, 1.82) is 0 Å². The minimum atomic E-state index is -0.682. The van der Waals surface area contributed by atoms with Crippen LogP contribution in [0, 0.1) is 11.8 Å². The summed E-state index contributed by atoms with van der Waals surface area (Å²) in [4.78, 5) is 54.8. The van der Waals surface area contributed by atoms with Gasteiger partial charge in [-0.05, 0) is 35.0 Å². The molecule has 0 saturated carbocycles. The summed E-state index contributed by atoms with van der Waals surface area (Å²) >= 11 is 3.29. The largest absolute Gasteiger partial charge is 0.483 e. The number of hydrogen-bond acceptors (Lipinski definition) is 6. The fourth-order valence-electron chi connectivity index (χ4n) is 3.05. The van der Waals surface area contributed by atoms with E-state index < -0.39 is 23.6 Å². The number of amides is 1. The van der Waals surface area contributed by atoms with Gasteiger partial charge in [0.25, 0.3) is 11.5 Å². The number of rotatable bonds is 7. The van der Waals surface area contributed by atoms with E-state index in [1.165, 1.54) is 35.4 Å². The number of nitrogens with one attached hydrogen (secondary N) is 1. The number of fused-ring (bicyclic) bond motifs is 1. The lowest BCUT2D eigenvalue weighted by Gasteiger charge is -2.12. The molecule has 11 heteroatoms. The average molecular weight is 502 g/mol. The number of ether oxygens (including phenoxy) is 1. The summed E-state index contributed by atoms with van der Waals surface area (Å²) in [6.07, 6.45) is 0. The first-order valence-corrected chi connectivity index (χ1v) is 10.3. The summed E-state index contributed by atoms with van der Waals surface area (Å²) in [5.74, 6) is 4.90.